The van der Waals surface area contributed by atoms with Crippen LogP contribution in [0.1, 0.15) is 16.7 Å². The van der Waals surface area contributed by atoms with Gasteiger partial charge in [-0.1, -0.05) is 30.3 Å². The van der Waals surface area contributed by atoms with Crippen molar-refractivity contribution in [3.05, 3.63) is 65.2 Å². The van der Waals surface area contributed by atoms with Crippen LogP contribution in [-0.2, 0) is 16.9 Å². The van der Waals surface area contributed by atoms with Crippen molar-refractivity contribution >= 4 is 5.91 Å². The fourth-order valence-corrected chi connectivity index (χ4v) is 2.38. The van der Waals surface area contributed by atoms with Gasteiger partial charge < -0.3 is 10.4 Å². The van der Waals surface area contributed by atoms with E-state index in [1.807, 2.05) is 0 Å². The van der Waals surface area contributed by atoms with Crippen molar-refractivity contribution in [3.8, 4) is 0 Å². The van der Waals surface area contributed by atoms with Crippen molar-refractivity contribution in [1.82, 2.24) is 10.3 Å². The van der Waals surface area contributed by atoms with E-state index in [0.717, 1.165) is 24.3 Å². The third-order valence-electron chi connectivity index (χ3n) is 3.82. The lowest BCUT2D eigenvalue weighted by Gasteiger charge is -2.35. The quantitative estimate of drug-likeness (QED) is 0.607. The van der Waals surface area contributed by atoms with Gasteiger partial charge in [0.1, 0.15) is 0 Å². The van der Waals surface area contributed by atoms with Crippen LogP contribution in [0.25, 0.3) is 0 Å². The van der Waals surface area contributed by atoms with Crippen LogP contribution in [0.15, 0.2) is 42.6 Å². The molecule has 1 atom stereocenters. The van der Waals surface area contributed by atoms with E-state index in [4.69, 9.17) is 0 Å². The first-order valence-corrected chi connectivity index (χ1v) is 7.53. The minimum absolute atomic E-state index is 0.242. The van der Waals surface area contributed by atoms with E-state index in [-0.39, 0.29) is 5.56 Å². The molecule has 0 aliphatic rings. The molecule has 0 saturated carbocycles. The van der Waals surface area contributed by atoms with Crippen molar-refractivity contribution in [2.45, 2.75) is 31.2 Å². The number of nitrogens with zero attached hydrogens (tertiary/aromatic N) is 1. The number of aliphatic hydroxyl groups is 1. The largest absolute Gasteiger partial charge is 0.457 e. The maximum absolute atomic E-state index is 14.1. The summed E-state index contributed by atoms with van der Waals surface area (Å²) in [4.78, 5) is 15.6. The Morgan fingerprint density at radius 1 is 1.15 bits per heavy atom. The Morgan fingerprint density at radius 3 is 2.30 bits per heavy atom. The first-order chi connectivity index (χ1) is 12.4. The van der Waals surface area contributed by atoms with Gasteiger partial charge in [-0.15, -0.1) is 0 Å². The van der Waals surface area contributed by atoms with Crippen molar-refractivity contribution in [3.63, 3.8) is 0 Å². The van der Waals surface area contributed by atoms with Crippen molar-refractivity contribution in [1.29, 1.82) is 0 Å². The molecule has 2 N–H and O–H groups in total. The number of carbonyl (C=O) groups excluding carboxylic acids is 1. The van der Waals surface area contributed by atoms with E-state index in [2.05, 4.69) is 4.98 Å². The number of alkyl halides is 5. The van der Waals surface area contributed by atoms with Gasteiger partial charge in [-0.3, -0.25) is 4.79 Å². The molecule has 2 rings (SSSR count). The number of hydrogen-bond acceptors (Lipinski definition) is 3. The topological polar surface area (TPSA) is 62.2 Å². The zero-order valence-electron chi connectivity index (χ0n) is 13.8. The lowest BCUT2D eigenvalue weighted by molar-refractivity contribution is -0.337. The zero-order chi connectivity index (χ0) is 20.5. The van der Waals surface area contributed by atoms with Gasteiger partial charge in [0.05, 0.1) is 0 Å². The minimum atomic E-state index is -6.22. The van der Waals surface area contributed by atoms with Crippen molar-refractivity contribution in [2.24, 2.45) is 0 Å². The maximum Gasteiger partial charge on any atom is 0.457 e. The number of benzene rings is 1. The summed E-state index contributed by atoms with van der Waals surface area (Å²) in [5, 5.41) is 12.0. The van der Waals surface area contributed by atoms with Crippen LogP contribution in [0.5, 0.6) is 0 Å². The van der Waals surface area contributed by atoms with E-state index in [0.29, 0.717) is 5.56 Å². The molecule has 1 aromatic heterocycles. The summed E-state index contributed by atoms with van der Waals surface area (Å²) in [6.45, 7) is 0.790. The minimum Gasteiger partial charge on any atom is -0.370 e. The van der Waals surface area contributed by atoms with Crippen LogP contribution in [0, 0.1) is 12.9 Å². The van der Waals surface area contributed by atoms with Crippen LogP contribution in [0.4, 0.5) is 26.3 Å². The second-order valence-corrected chi connectivity index (χ2v) is 5.79. The fourth-order valence-electron chi connectivity index (χ4n) is 2.38. The number of carbonyl (C=O) groups is 1. The summed E-state index contributed by atoms with van der Waals surface area (Å²) in [5.41, 5.74) is -4.98. The van der Waals surface area contributed by atoms with Gasteiger partial charge in [0.25, 0.3) is 5.91 Å². The number of hydrogen-bond donors (Lipinski definition) is 2. The lowest BCUT2D eigenvalue weighted by Crippen LogP contribution is -2.62. The molecule has 4 nitrogen and oxygen atoms in total. The fraction of sp³-hybridized carbons (Fsp3) is 0.294. The first-order valence-electron chi connectivity index (χ1n) is 7.53. The highest BCUT2D eigenvalue weighted by Gasteiger charge is 2.73. The molecule has 10 heteroatoms. The predicted molar refractivity (Wildman–Crippen MR) is 82.1 cm³/mol. The average Bonchev–Trinajstić information content (AvgIpc) is 2.61. The van der Waals surface area contributed by atoms with Crippen molar-refractivity contribution in [2.75, 3.05) is 0 Å². The number of aromatic nitrogens is 1. The van der Waals surface area contributed by atoms with Gasteiger partial charge in [0.15, 0.2) is 0 Å². The van der Waals surface area contributed by atoms with Gasteiger partial charge in [0, 0.05) is 18.3 Å². The normalized spacial score (nSPS) is 14.5. The zero-order valence-corrected chi connectivity index (χ0v) is 13.8. The van der Waals surface area contributed by atoms with Crippen molar-refractivity contribution < 1.29 is 36.2 Å². The molecule has 2 aromatic rings. The van der Waals surface area contributed by atoms with Crippen LogP contribution >= 0.6 is 0 Å². The van der Waals surface area contributed by atoms with Crippen LogP contribution in [-0.4, -0.2) is 28.1 Å². The Bertz CT molecular complexity index is 826. The Hall–Kier alpha value is -2.62. The second kappa shape index (κ2) is 7.18. The monoisotopic (exact) mass is 392 g/mol. The molecule has 1 aromatic carbocycles. The third-order valence-corrected chi connectivity index (χ3v) is 3.82. The molecule has 0 bridgehead atoms. The summed E-state index contributed by atoms with van der Waals surface area (Å²) in [7, 11) is 0. The Morgan fingerprint density at radius 2 is 1.74 bits per heavy atom. The highest BCUT2D eigenvalue weighted by molar-refractivity contribution is 5.87. The second-order valence-electron chi connectivity index (χ2n) is 5.79. The average molecular weight is 392 g/mol. The molecular formula is C17H14F6N2O2. The molecular weight excluding hydrogens is 378 g/mol. The van der Waals surface area contributed by atoms with E-state index < -0.39 is 41.7 Å². The number of amides is 1. The number of aryl methyl sites for hydroxylation is 1. The summed E-state index contributed by atoms with van der Waals surface area (Å²) >= 11 is 0. The Kier molecular flexibility index (Phi) is 5.50. The molecule has 0 spiro atoms. The van der Waals surface area contributed by atoms with Crippen LogP contribution in [0.3, 0.4) is 0 Å². The lowest BCUT2D eigenvalue weighted by atomic mass is 9.85. The summed E-state index contributed by atoms with van der Waals surface area (Å²) < 4.78 is 80.4. The molecule has 0 fully saturated rings. The third kappa shape index (κ3) is 3.75. The highest BCUT2D eigenvalue weighted by atomic mass is 19.4. The first kappa shape index (κ1) is 20.7. The summed E-state index contributed by atoms with van der Waals surface area (Å²) in [6, 6.07) is 6.23. The Labute approximate surface area is 149 Å². The molecule has 27 heavy (non-hydrogen) atoms. The number of pyridine rings is 1. The molecule has 0 aliphatic carbocycles. The molecule has 1 heterocycles. The van der Waals surface area contributed by atoms with Crippen LogP contribution < -0.4 is 5.32 Å². The number of rotatable bonds is 5. The van der Waals surface area contributed by atoms with Gasteiger partial charge in [-0.2, -0.15) is 26.3 Å². The smallest absolute Gasteiger partial charge is 0.370 e. The highest BCUT2D eigenvalue weighted by Crippen LogP contribution is 2.48. The number of halogens is 6. The van der Waals surface area contributed by atoms with E-state index in [9.17, 15) is 36.2 Å². The maximum atomic E-state index is 14.1. The predicted octanol–water partition coefficient (Wildman–Crippen LogP) is 3.23. The van der Waals surface area contributed by atoms with Gasteiger partial charge in [0.2, 0.25) is 11.5 Å². The standard InChI is InChI=1S/C17H14F6N2O2/c1-10-7-11(13(18)24-8-10)9-25-14(26)15(27,12-5-3-2-4-6-12)16(19,20)17(21,22)23/h2-8,27H,9H2,1H3,(H,25,26). The van der Waals surface area contributed by atoms with E-state index in [1.165, 1.54) is 25.3 Å². The van der Waals surface area contributed by atoms with Gasteiger partial charge >= 0.3 is 12.1 Å². The van der Waals surface area contributed by atoms with Gasteiger partial charge in [-0.25, -0.2) is 4.98 Å². The van der Waals surface area contributed by atoms with E-state index in [1.54, 1.807) is 5.32 Å². The van der Waals surface area contributed by atoms with Crippen LogP contribution in [0.2, 0.25) is 0 Å². The summed E-state index contributed by atoms with van der Waals surface area (Å²) in [5.74, 6) is -8.88. The molecule has 146 valence electrons. The number of nitrogens with one attached hydrogen (secondary N) is 1. The van der Waals surface area contributed by atoms with Gasteiger partial charge in [-0.05, 0) is 24.1 Å². The molecule has 0 aliphatic heterocycles. The molecule has 1 amide bonds. The summed E-state index contributed by atoms with van der Waals surface area (Å²) in [6.07, 6.45) is -5.05. The molecule has 0 saturated heterocycles. The molecule has 1 unspecified atom stereocenters. The SMILES string of the molecule is Cc1cnc(F)c(CNC(=O)C(O)(c2ccccc2)C(F)(F)C(F)(F)F)c1. The molecule has 0 radical (unpaired) electrons. The van der Waals surface area contributed by atoms with E-state index >= 15 is 0 Å². The Balaban J connectivity index is 2.42.